The number of thiophene rings is 1. The van der Waals surface area contributed by atoms with E-state index < -0.39 is 0 Å². The fraction of sp³-hybridized carbons (Fsp3) is 0.353. The molecule has 3 nitrogen and oxygen atoms in total. The number of carbonyl (C=O) groups excluding carboxylic acids is 1. The molecule has 1 aromatic heterocycles. The second kappa shape index (κ2) is 6.00. The summed E-state index contributed by atoms with van der Waals surface area (Å²) in [5.74, 6) is 0.0967. The standard InChI is InChI=1S/C17H20N2OS/c1-12-3-5-14(6-4-12)18-17(20)11-19-9-7-16-15(13(19)2)8-10-21-16/h3-6,8,10,13H,7,9,11H2,1-2H3,(H,18,20)/p+1/t13-/m0/s1. The molecule has 1 aromatic carbocycles. The van der Waals surface area contributed by atoms with Crippen molar-refractivity contribution in [2.45, 2.75) is 26.3 Å². The van der Waals surface area contributed by atoms with Crippen molar-refractivity contribution in [2.24, 2.45) is 0 Å². The summed E-state index contributed by atoms with van der Waals surface area (Å²) in [4.78, 5) is 15.1. The number of nitrogens with one attached hydrogen (secondary N) is 2. The van der Waals surface area contributed by atoms with E-state index >= 15 is 0 Å². The van der Waals surface area contributed by atoms with Gasteiger partial charge in [0, 0.05) is 22.5 Å². The van der Waals surface area contributed by atoms with Crippen LogP contribution in [0.3, 0.4) is 0 Å². The summed E-state index contributed by atoms with van der Waals surface area (Å²) in [6, 6.07) is 10.6. The van der Waals surface area contributed by atoms with Gasteiger partial charge in [0.05, 0.1) is 6.54 Å². The van der Waals surface area contributed by atoms with Gasteiger partial charge in [-0.2, -0.15) is 0 Å². The molecule has 21 heavy (non-hydrogen) atoms. The topological polar surface area (TPSA) is 33.5 Å². The molecule has 1 aliphatic heterocycles. The first-order valence-electron chi connectivity index (χ1n) is 7.41. The minimum Gasteiger partial charge on any atom is -0.321 e. The summed E-state index contributed by atoms with van der Waals surface area (Å²) in [5.41, 5.74) is 3.50. The number of aryl methyl sites for hydroxylation is 1. The third-order valence-electron chi connectivity index (χ3n) is 4.25. The molecule has 110 valence electrons. The van der Waals surface area contributed by atoms with Crippen molar-refractivity contribution in [1.29, 1.82) is 0 Å². The zero-order valence-corrected chi connectivity index (χ0v) is 13.3. The number of hydrogen-bond acceptors (Lipinski definition) is 2. The van der Waals surface area contributed by atoms with Crippen molar-refractivity contribution in [2.75, 3.05) is 18.4 Å². The van der Waals surface area contributed by atoms with Crippen molar-refractivity contribution in [3.05, 3.63) is 51.7 Å². The molecule has 0 saturated heterocycles. The molecule has 1 amide bonds. The van der Waals surface area contributed by atoms with Gasteiger partial charge in [0.1, 0.15) is 6.04 Å². The maximum atomic E-state index is 12.2. The average Bonchev–Trinajstić information content (AvgIpc) is 2.94. The van der Waals surface area contributed by atoms with E-state index in [1.165, 1.54) is 20.9 Å². The lowest BCUT2D eigenvalue weighted by Gasteiger charge is -2.29. The van der Waals surface area contributed by atoms with E-state index in [0.29, 0.717) is 12.6 Å². The van der Waals surface area contributed by atoms with Crippen molar-refractivity contribution in [3.8, 4) is 0 Å². The van der Waals surface area contributed by atoms with Crippen LogP contribution in [-0.4, -0.2) is 19.0 Å². The Balaban J connectivity index is 1.62. The minimum absolute atomic E-state index is 0.0967. The smallest absolute Gasteiger partial charge is 0.279 e. The molecule has 2 N–H and O–H groups in total. The summed E-state index contributed by atoms with van der Waals surface area (Å²) >= 11 is 1.84. The van der Waals surface area contributed by atoms with Crippen molar-refractivity contribution in [1.82, 2.24) is 0 Å². The first-order valence-corrected chi connectivity index (χ1v) is 8.29. The first kappa shape index (κ1) is 14.3. The Kier molecular flexibility index (Phi) is 4.08. The number of quaternary nitrogens is 1. The maximum Gasteiger partial charge on any atom is 0.279 e. The Hall–Kier alpha value is -1.65. The van der Waals surface area contributed by atoms with Gasteiger partial charge in [-0.3, -0.25) is 4.79 Å². The Bertz CT molecular complexity index is 632. The lowest BCUT2D eigenvalue weighted by atomic mass is 10.0. The van der Waals surface area contributed by atoms with E-state index in [-0.39, 0.29) is 5.91 Å². The van der Waals surface area contributed by atoms with Crippen LogP contribution in [0.25, 0.3) is 0 Å². The highest BCUT2D eigenvalue weighted by atomic mass is 32.1. The van der Waals surface area contributed by atoms with E-state index in [1.807, 2.05) is 42.5 Å². The van der Waals surface area contributed by atoms with E-state index in [1.54, 1.807) is 0 Å². The summed E-state index contributed by atoms with van der Waals surface area (Å²) in [6.45, 7) is 5.84. The SMILES string of the molecule is Cc1ccc(NC(=O)C[NH+]2CCc3sccc3[C@@H]2C)cc1. The monoisotopic (exact) mass is 301 g/mol. The minimum atomic E-state index is 0.0967. The molecule has 0 fully saturated rings. The van der Waals surface area contributed by atoms with Crippen LogP contribution in [0.15, 0.2) is 35.7 Å². The van der Waals surface area contributed by atoms with Crippen molar-refractivity contribution in [3.63, 3.8) is 0 Å². The normalized spacial score (nSPS) is 20.9. The number of benzene rings is 1. The van der Waals surface area contributed by atoms with E-state index in [0.717, 1.165) is 18.7 Å². The molecule has 2 heterocycles. The number of rotatable bonds is 3. The maximum absolute atomic E-state index is 12.2. The first-order chi connectivity index (χ1) is 10.1. The fourth-order valence-corrected chi connectivity index (χ4v) is 3.92. The lowest BCUT2D eigenvalue weighted by molar-refractivity contribution is -0.923. The molecule has 0 bridgehead atoms. The Morgan fingerprint density at radius 3 is 2.86 bits per heavy atom. The van der Waals surface area contributed by atoms with Gasteiger partial charge < -0.3 is 10.2 Å². The van der Waals surface area contributed by atoms with Crippen LogP contribution < -0.4 is 10.2 Å². The second-order valence-electron chi connectivity index (χ2n) is 5.77. The van der Waals surface area contributed by atoms with Crippen LogP contribution in [0.2, 0.25) is 0 Å². The predicted octanol–water partition coefficient (Wildman–Crippen LogP) is 2.20. The fourth-order valence-electron chi connectivity index (χ4n) is 2.94. The molecule has 2 atom stereocenters. The second-order valence-corrected chi connectivity index (χ2v) is 6.77. The number of amides is 1. The molecule has 2 aromatic rings. The Morgan fingerprint density at radius 2 is 2.10 bits per heavy atom. The third kappa shape index (κ3) is 3.17. The van der Waals surface area contributed by atoms with Crippen LogP contribution in [0.5, 0.6) is 0 Å². The molecule has 3 rings (SSSR count). The zero-order valence-electron chi connectivity index (χ0n) is 12.5. The van der Waals surface area contributed by atoms with Gasteiger partial charge in [-0.15, -0.1) is 11.3 Å². The van der Waals surface area contributed by atoms with E-state index in [4.69, 9.17) is 0 Å². The van der Waals surface area contributed by atoms with Crippen molar-refractivity contribution < 1.29 is 9.69 Å². The van der Waals surface area contributed by atoms with Crippen LogP contribution in [0.1, 0.15) is 29.0 Å². The third-order valence-corrected chi connectivity index (χ3v) is 5.25. The highest BCUT2D eigenvalue weighted by Crippen LogP contribution is 2.24. The summed E-state index contributed by atoms with van der Waals surface area (Å²) in [5, 5.41) is 5.16. The van der Waals surface area contributed by atoms with Gasteiger partial charge in [0.25, 0.3) is 5.91 Å². The van der Waals surface area contributed by atoms with Crippen LogP contribution in [0.4, 0.5) is 5.69 Å². The zero-order chi connectivity index (χ0) is 14.8. The van der Waals surface area contributed by atoms with E-state index in [9.17, 15) is 4.79 Å². The van der Waals surface area contributed by atoms with Crippen LogP contribution in [0, 0.1) is 6.92 Å². The lowest BCUT2D eigenvalue weighted by Crippen LogP contribution is -3.14. The molecule has 0 spiro atoms. The number of carbonyl (C=O) groups is 1. The summed E-state index contributed by atoms with van der Waals surface area (Å²) < 4.78 is 0. The number of fused-ring (bicyclic) bond motifs is 1. The highest BCUT2D eigenvalue weighted by molar-refractivity contribution is 7.10. The van der Waals surface area contributed by atoms with Gasteiger partial charge in [-0.1, -0.05) is 17.7 Å². The molecular weight excluding hydrogens is 280 g/mol. The average molecular weight is 301 g/mol. The number of hydrogen-bond donors (Lipinski definition) is 2. The van der Waals surface area contributed by atoms with Gasteiger partial charge in [0.2, 0.25) is 0 Å². The number of anilines is 1. The Morgan fingerprint density at radius 1 is 1.33 bits per heavy atom. The molecular formula is C17H21N2OS+. The quantitative estimate of drug-likeness (QED) is 0.895. The van der Waals surface area contributed by atoms with Gasteiger partial charge in [-0.25, -0.2) is 0 Å². The molecule has 0 saturated carbocycles. The van der Waals surface area contributed by atoms with Crippen LogP contribution in [-0.2, 0) is 11.2 Å². The molecule has 1 unspecified atom stereocenters. The summed E-state index contributed by atoms with van der Waals surface area (Å²) in [6.07, 6.45) is 1.09. The van der Waals surface area contributed by atoms with Gasteiger partial charge in [0.15, 0.2) is 6.54 Å². The van der Waals surface area contributed by atoms with Gasteiger partial charge >= 0.3 is 0 Å². The van der Waals surface area contributed by atoms with Crippen molar-refractivity contribution >= 4 is 22.9 Å². The van der Waals surface area contributed by atoms with Gasteiger partial charge in [-0.05, 0) is 37.4 Å². The molecule has 0 radical (unpaired) electrons. The van der Waals surface area contributed by atoms with Crippen LogP contribution >= 0.6 is 11.3 Å². The summed E-state index contributed by atoms with van der Waals surface area (Å²) in [7, 11) is 0. The Labute approximate surface area is 129 Å². The molecule has 0 aliphatic carbocycles. The molecule has 1 aliphatic rings. The largest absolute Gasteiger partial charge is 0.321 e. The predicted molar refractivity (Wildman–Crippen MR) is 86.9 cm³/mol. The van der Waals surface area contributed by atoms with E-state index in [2.05, 4.69) is 23.7 Å². The molecule has 4 heteroatoms. The highest BCUT2D eigenvalue weighted by Gasteiger charge is 2.29.